The van der Waals surface area contributed by atoms with Crippen molar-refractivity contribution in [2.75, 3.05) is 0 Å². The fourth-order valence-electron chi connectivity index (χ4n) is 1.42. The second-order valence-electron chi connectivity index (χ2n) is 4.45. The minimum absolute atomic E-state index is 0.0927. The average Bonchev–Trinajstić information content (AvgIpc) is 2.37. The molecule has 0 heterocycles. The van der Waals surface area contributed by atoms with Gasteiger partial charge in [-0.3, -0.25) is 0 Å². The van der Waals surface area contributed by atoms with Gasteiger partial charge in [0.05, 0.1) is 23.5 Å². The van der Waals surface area contributed by atoms with E-state index in [1.165, 1.54) is 12.1 Å². The highest BCUT2D eigenvalue weighted by molar-refractivity contribution is 7.89. The molecule has 6 heteroatoms. The van der Waals surface area contributed by atoms with Crippen molar-refractivity contribution >= 4 is 10.0 Å². The van der Waals surface area contributed by atoms with E-state index in [9.17, 15) is 8.42 Å². The maximum atomic E-state index is 12.0. The number of nitrogens with zero attached hydrogens (tertiary/aromatic N) is 2. The fourth-order valence-corrected chi connectivity index (χ4v) is 2.71. The van der Waals surface area contributed by atoms with Gasteiger partial charge in [-0.1, -0.05) is 26.0 Å². The van der Waals surface area contributed by atoms with Crippen molar-refractivity contribution in [2.45, 2.75) is 31.2 Å². The molecule has 0 amide bonds. The predicted octanol–water partition coefficient (Wildman–Crippen LogP) is 1.58. The Morgan fingerprint density at radius 1 is 1.21 bits per heavy atom. The van der Waals surface area contributed by atoms with Crippen LogP contribution in [0, 0.1) is 28.6 Å². The van der Waals surface area contributed by atoms with E-state index in [4.69, 9.17) is 10.5 Å². The molecule has 1 atom stereocenters. The van der Waals surface area contributed by atoms with Crippen LogP contribution in [0.3, 0.4) is 0 Å². The molecule has 1 aromatic carbocycles. The first-order valence-corrected chi connectivity index (χ1v) is 7.27. The van der Waals surface area contributed by atoms with Crippen LogP contribution in [0.4, 0.5) is 0 Å². The van der Waals surface area contributed by atoms with Gasteiger partial charge < -0.3 is 0 Å². The molecule has 1 aromatic rings. The fraction of sp³-hybridized carbons (Fsp3) is 0.385. The third kappa shape index (κ3) is 4.06. The normalized spacial score (nSPS) is 12.7. The lowest BCUT2D eigenvalue weighted by Crippen LogP contribution is -2.37. The average molecular weight is 277 g/mol. The Balaban J connectivity index is 2.95. The van der Waals surface area contributed by atoms with Crippen LogP contribution >= 0.6 is 0 Å². The Morgan fingerprint density at radius 2 is 1.79 bits per heavy atom. The van der Waals surface area contributed by atoms with Gasteiger partial charge in [0.2, 0.25) is 10.0 Å². The SMILES string of the molecule is CC(C)C(C#N)NS(=O)(=O)c1ccc(CC#N)cc1. The van der Waals surface area contributed by atoms with E-state index in [1.54, 1.807) is 26.0 Å². The van der Waals surface area contributed by atoms with Crippen LogP contribution in [0.1, 0.15) is 19.4 Å². The van der Waals surface area contributed by atoms with E-state index in [2.05, 4.69) is 4.72 Å². The molecule has 19 heavy (non-hydrogen) atoms. The number of hydrogen-bond donors (Lipinski definition) is 1. The number of benzene rings is 1. The summed E-state index contributed by atoms with van der Waals surface area (Å²) in [5.41, 5.74) is 0.752. The van der Waals surface area contributed by atoms with Crippen molar-refractivity contribution in [3.05, 3.63) is 29.8 Å². The van der Waals surface area contributed by atoms with Crippen molar-refractivity contribution < 1.29 is 8.42 Å². The van der Waals surface area contributed by atoms with Gasteiger partial charge in [-0.25, -0.2) is 8.42 Å². The van der Waals surface area contributed by atoms with E-state index in [0.717, 1.165) is 5.56 Å². The van der Waals surface area contributed by atoms with E-state index in [0.29, 0.717) is 0 Å². The molecule has 0 aliphatic carbocycles. The van der Waals surface area contributed by atoms with Gasteiger partial charge in [-0.05, 0) is 23.6 Å². The van der Waals surface area contributed by atoms with E-state index in [1.807, 2.05) is 12.1 Å². The van der Waals surface area contributed by atoms with E-state index in [-0.39, 0.29) is 17.2 Å². The van der Waals surface area contributed by atoms with Crippen LogP contribution in [0.2, 0.25) is 0 Å². The molecule has 0 spiro atoms. The Kier molecular flexibility index (Phi) is 5.05. The first-order chi connectivity index (χ1) is 8.90. The first kappa shape index (κ1) is 15.2. The molecule has 0 saturated heterocycles. The third-order valence-corrected chi connectivity index (χ3v) is 4.06. The van der Waals surface area contributed by atoms with Crippen LogP contribution in [0.15, 0.2) is 29.2 Å². The minimum Gasteiger partial charge on any atom is -0.207 e. The smallest absolute Gasteiger partial charge is 0.207 e. The molecule has 1 N–H and O–H groups in total. The van der Waals surface area contributed by atoms with Crippen LogP contribution in [-0.4, -0.2) is 14.5 Å². The zero-order chi connectivity index (χ0) is 14.5. The topological polar surface area (TPSA) is 93.8 Å². The third-order valence-electron chi connectivity index (χ3n) is 2.60. The molecule has 0 bridgehead atoms. The molecule has 5 nitrogen and oxygen atoms in total. The zero-order valence-electron chi connectivity index (χ0n) is 10.8. The Bertz CT molecular complexity index is 607. The summed E-state index contributed by atoms with van der Waals surface area (Å²) in [7, 11) is -3.70. The summed E-state index contributed by atoms with van der Waals surface area (Å²) in [6, 6.07) is 9.21. The van der Waals surface area contributed by atoms with Gasteiger partial charge in [-0.15, -0.1) is 0 Å². The van der Waals surface area contributed by atoms with Crippen molar-refractivity contribution in [3.8, 4) is 12.1 Å². The van der Waals surface area contributed by atoms with Crippen LogP contribution < -0.4 is 4.72 Å². The predicted molar refractivity (Wildman–Crippen MR) is 70.3 cm³/mol. The van der Waals surface area contributed by atoms with Crippen LogP contribution in [-0.2, 0) is 16.4 Å². The number of hydrogen-bond acceptors (Lipinski definition) is 4. The van der Waals surface area contributed by atoms with Crippen molar-refractivity contribution in [1.82, 2.24) is 4.72 Å². The monoisotopic (exact) mass is 277 g/mol. The summed E-state index contributed by atoms with van der Waals surface area (Å²) >= 11 is 0. The molecule has 0 radical (unpaired) electrons. The molecule has 0 aliphatic rings. The molecule has 1 unspecified atom stereocenters. The zero-order valence-corrected chi connectivity index (χ0v) is 11.6. The summed E-state index contributed by atoms with van der Waals surface area (Å²) < 4.78 is 26.5. The molecular weight excluding hydrogens is 262 g/mol. The standard InChI is InChI=1S/C13H15N3O2S/c1-10(2)13(9-15)16-19(17,18)12-5-3-11(4-6-12)7-8-14/h3-6,10,13,16H,7H2,1-2H3. The Morgan fingerprint density at radius 3 is 2.21 bits per heavy atom. The summed E-state index contributed by atoms with van der Waals surface area (Å²) in [6.45, 7) is 3.54. The molecule has 100 valence electrons. The molecular formula is C13H15N3O2S. The first-order valence-electron chi connectivity index (χ1n) is 5.78. The maximum absolute atomic E-state index is 12.0. The molecule has 0 saturated carbocycles. The molecule has 0 aliphatic heterocycles. The molecule has 0 fully saturated rings. The number of nitrogens with one attached hydrogen (secondary N) is 1. The maximum Gasteiger partial charge on any atom is 0.241 e. The largest absolute Gasteiger partial charge is 0.241 e. The van der Waals surface area contributed by atoms with Crippen molar-refractivity contribution in [3.63, 3.8) is 0 Å². The highest BCUT2D eigenvalue weighted by atomic mass is 32.2. The van der Waals surface area contributed by atoms with E-state index < -0.39 is 16.1 Å². The van der Waals surface area contributed by atoms with Crippen LogP contribution in [0.25, 0.3) is 0 Å². The minimum atomic E-state index is -3.70. The van der Waals surface area contributed by atoms with Gasteiger partial charge in [-0.2, -0.15) is 15.2 Å². The lowest BCUT2D eigenvalue weighted by Gasteiger charge is -2.15. The van der Waals surface area contributed by atoms with Crippen molar-refractivity contribution in [1.29, 1.82) is 10.5 Å². The highest BCUT2D eigenvalue weighted by Gasteiger charge is 2.21. The second kappa shape index (κ2) is 6.33. The Labute approximate surface area is 113 Å². The van der Waals surface area contributed by atoms with Gasteiger partial charge in [0.15, 0.2) is 0 Å². The number of sulfonamides is 1. The van der Waals surface area contributed by atoms with Crippen LogP contribution in [0.5, 0.6) is 0 Å². The lowest BCUT2D eigenvalue weighted by molar-refractivity contribution is 0.515. The van der Waals surface area contributed by atoms with Gasteiger partial charge in [0.1, 0.15) is 6.04 Å². The summed E-state index contributed by atoms with van der Waals surface area (Å²) in [5, 5.41) is 17.5. The quantitative estimate of drug-likeness (QED) is 0.884. The second-order valence-corrected chi connectivity index (χ2v) is 6.16. The lowest BCUT2D eigenvalue weighted by atomic mass is 10.1. The summed E-state index contributed by atoms with van der Waals surface area (Å²) in [4.78, 5) is 0.0927. The highest BCUT2D eigenvalue weighted by Crippen LogP contribution is 2.13. The molecule has 0 aromatic heterocycles. The molecule has 1 rings (SSSR count). The number of nitriles is 2. The van der Waals surface area contributed by atoms with Gasteiger partial charge in [0, 0.05) is 0 Å². The van der Waals surface area contributed by atoms with E-state index >= 15 is 0 Å². The number of rotatable bonds is 5. The van der Waals surface area contributed by atoms with Gasteiger partial charge in [0.25, 0.3) is 0 Å². The summed E-state index contributed by atoms with van der Waals surface area (Å²) in [6.07, 6.45) is 0.237. The Hall–Kier alpha value is -1.89. The van der Waals surface area contributed by atoms with Crippen molar-refractivity contribution in [2.24, 2.45) is 5.92 Å². The summed E-state index contributed by atoms with van der Waals surface area (Å²) in [5.74, 6) is -0.113. The van der Waals surface area contributed by atoms with Gasteiger partial charge >= 0.3 is 0 Å².